The van der Waals surface area contributed by atoms with Crippen molar-refractivity contribution in [3.8, 4) is 5.75 Å². The molecule has 0 aliphatic heterocycles. The van der Waals surface area contributed by atoms with E-state index in [0.717, 1.165) is 29.7 Å². The summed E-state index contributed by atoms with van der Waals surface area (Å²) in [6.45, 7) is 2.66. The molecule has 0 fully saturated rings. The van der Waals surface area contributed by atoms with Gasteiger partial charge in [0, 0.05) is 36.8 Å². The van der Waals surface area contributed by atoms with Gasteiger partial charge in [0.25, 0.3) is 11.8 Å². The van der Waals surface area contributed by atoms with E-state index in [1.165, 1.54) is 0 Å². The van der Waals surface area contributed by atoms with Gasteiger partial charge in [0.15, 0.2) is 5.76 Å². The minimum absolute atomic E-state index is 0.278. The van der Waals surface area contributed by atoms with Gasteiger partial charge >= 0.3 is 0 Å². The van der Waals surface area contributed by atoms with Gasteiger partial charge in [0.2, 0.25) is 0 Å². The molecule has 8 nitrogen and oxygen atoms in total. The highest BCUT2D eigenvalue weighted by Crippen LogP contribution is 2.29. The molecule has 1 aliphatic rings. The van der Waals surface area contributed by atoms with Crippen molar-refractivity contribution in [3.05, 3.63) is 52.5 Å². The lowest BCUT2D eigenvalue weighted by Crippen LogP contribution is -2.27. The van der Waals surface area contributed by atoms with Crippen molar-refractivity contribution >= 4 is 17.5 Å². The molecule has 2 aromatic rings. The molecule has 0 atom stereocenters. The molecule has 0 spiro atoms. The highest BCUT2D eigenvalue weighted by molar-refractivity contribution is 6.07. The molecule has 0 unspecified atom stereocenters. The van der Waals surface area contributed by atoms with Crippen molar-refractivity contribution in [3.63, 3.8) is 0 Å². The summed E-state index contributed by atoms with van der Waals surface area (Å²) >= 11 is 0. The van der Waals surface area contributed by atoms with Gasteiger partial charge in [-0.2, -0.15) is 5.10 Å². The molecule has 1 aliphatic carbocycles. The summed E-state index contributed by atoms with van der Waals surface area (Å²) in [4.78, 5) is 24.8. The third kappa shape index (κ3) is 4.65. The normalized spacial score (nSPS) is 14.4. The van der Waals surface area contributed by atoms with Crippen molar-refractivity contribution in [2.75, 3.05) is 27.4 Å². The third-order valence-corrected chi connectivity index (χ3v) is 4.75. The highest BCUT2D eigenvalue weighted by Gasteiger charge is 2.28. The Balaban J connectivity index is 1.79. The standard InChI is InChI=1S/C21H25N3O5/c1-13-18-16(23-24-20(25)14-6-4-7-15(12-14)28-3)8-5-9-17(18)29-19(13)21(26)22-10-11-27-2/h4,6-7,12H,5,8-11H2,1-3H3,(H,22,26)(H,24,25)/b23-16+. The molecule has 0 saturated heterocycles. The van der Waals surface area contributed by atoms with Gasteiger partial charge in [-0.15, -0.1) is 0 Å². The van der Waals surface area contributed by atoms with Gasteiger partial charge in [-0.25, -0.2) is 5.43 Å². The Bertz CT molecular complexity index is 932. The molecule has 0 radical (unpaired) electrons. The van der Waals surface area contributed by atoms with Crippen LogP contribution < -0.4 is 15.5 Å². The first kappa shape index (κ1) is 20.6. The summed E-state index contributed by atoms with van der Waals surface area (Å²) in [6, 6.07) is 6.85. The van der Waals surface area contributed by atoms with Crippen LogP contribution in [0.3, 0.4) is 0 Å². The van der Waals surface area contributed by atoms with Crippen LogP contribution in [0, 0.1) is 6.92 Å². The first-order chi connectivity index (χ1) is 14.0. The molecule has 8 heteroatoms. The first-order valence-corrected chi connectivity index (χ1v) is 9.46. The number of benzene rings is 1. The number of aryl methyl sites for hydroxylation is 1. The zero-order valence-corrected chi connectivity index (χ0v) is 16.8. The van der Waals surface area contributed by atoms with Gasteiger partial charge in [0.05, 0.1) is 19.4 Å². The number of hydrogen-bond acceptors (Lipinski definition) is 6. The number of hydrazone groups is 1. The van der Waals surface area contributed by atoms with E-state index in [2.05, 4.69) is 15.8 Å². The molecule has 3 rings (SSSR count). The lowest BCUT2D eigenvalue weighted by molar-refractivity contribution is 0.0906. The van der Waals surface area contributed by atoms with E-state index >= 15 is 0 Å². The number of furan rings is 1. The molecular formula is C21H25N3O5. The lowest BCUT2D eigenvalue weighted by Gasteiger charge is -2.13. The van der Waals surface area contributed by atoms with Crippen molar-refractivity contribution in [1.29, 1.82) is 0 Å². The fourth-order valence-corrected chi connectivity index (χ4v) is 3.29. The minimum Gasteiger partial charge on any atom is -0.497 e. The van der Waals surface area contributed by atoms with Crippen LogP contribution in [0.15, 0.2) is 33.8 Å². The molecule has 1 aromatic heterocycles. The largest absolute Gasteiger partial charge is 0.497 e. The molecule has 0 saturated carbocycles. The fraction of sp³-hybridized carbons (Fsp3) is 0.381. The number of nitrogens with zero attached hydrogens (tertiary/aromatic N) is 1. The van der Waals surface area contributed by atoms with Crippen LogP contribution in [0.25, 0.3) is 0 Å². The summed E-state index contributed by atoms with van der Waals surface area (Å²) in [6.07, 6.45) is 2.25. The molecule has 1 heterocycles. The van der Waals surface area contributed by atoms with Crippen LogP contribution in [0.5, 0.6) is 5.75 Å². The average molecular weight is 399 g/mol. The third-order valence-electron chi connectivity index (χ3n) is 4.75. The summed E-state index contributed by atoms with van der Waals surface area (Å²) in [5.74, 6) is 0.982. The molecule has 29 heavy (non-hydrogen) atoms. The van der Waals surface area contributed by atoms with Crippen LogP contribution in [0.1, 0.15) is 50.6 Å². The maximum Gasteiger partial charge on any atom is 0.287 e. The number of fused-ring (bicyclic) bond motifs is 1. The minimum atomic E-state index is -0.331. The van der Waals surface area contributed by atoms with Crippen molar-refractivity contribution in [1.82, 2.24) is 10.7 Å². The van der Waals surface area contributed by atoms with E-state index in [-0.39, 0.29) is 17.6 Å². The number of hydrogen-bond donors (Lipinski definition) is 2. The van der Waals surface area contributed by atoms with Crippen LogP contribution >= 0.6 is 0 Å². The second-order valence-electron chi connectivity index (χ2n) is 6.69. The summed E-state index contributed by atoms with van der Waals surface area (Å²) in [5, 5.41) is 7.10. The maximum absolute atomic E-state index is 12.4. The number of carbonyl (C=O) groups excluding carboxylic acids is 2. The van der Waals surface area contributed by atoms with Gasteiger partial charge in [0.1, 0.15) is 11.5 Å². The highest BCUT2D eigenvalue weighted by atomic mass is 16.5. The van der Waals surface area contributed by atoms with E-state index in [9.17, 15) is 9.59 Å². The van der Waals surface area contributed by atoms with E-state index < -0.39 is 0 Å². The van der Waals surface area contributed by atoms with Crippen LogP contribution in [-0.4, -0.2) is 44.9 Å². The maximum atomic E-state index is 12.4. The average Bonchev–Trinajstić information content (AvgIpc) is 3.09. The topological polar surface area (TPSA) is 102 Å². The van der Waals surface area contributed by atoms with E-state index in [1.54, 1.807) is 38.5 Å². The number of amides is 2. The summed E-state index contributed by atoms with van der Waals surface area (Å²) in [5.41, 5.74) is 5.29. The first-order valence-electron chi connectivity index (χ1n) is 9.46. The molecule has 154 valence electrons. The Morgan fingerprint density at radius 2 is 2.03 bits per heavy atom. The Morgan fingerprint density at radius 1 is 1.21 bits per heavy atom. The fourth-order valence-electron chi connectivity index (χ4n) is 3.29. The van der Waals surface area contributed by atoms with Crippen molar-refractivity contribution < 1.29 is 23.5 Å². The van der Waals surface area contributed by atoms with Gasteiger partial charge < -0.3 is 19.2 Å². The van der Waals surface area contributed by atoms with Gasteiger partial charge in [-0.3, -0.25) is 9.59 Å². The quantitative estimate of drug-likeness (QED) is 0.550. The van der Waals surface area contributed by atoms with Crippen LogP contribution in [-0.2, 0) is 11.2 Å². The SMILES string of the molecule is COCCNC(=O)c1oc2c(c1C)/C(=N/NC(=O)c1cccc(OC)c1)CCC2. The number of rotatable bonds is 7. The number of carbonyl (C=O) groups is 2. The van der Waals surface area contributed by atoms with Crippen LogP contribution in [0.2, 0.25) is 0 Å². The zero-order chi connectivity index (χ0) is 20.8. The second-order valence-corrected chi connectivity index (χ2v) is 6.69. The zero-order valence-electron chi connectivity index (χ0n) is 16.8. The Morgan fingerprint density at radius 3 is 2.79 bits per heavy atom. The summed E-state index contributed by atoms with van der Waals surface area (Å²) < 4.78 is 15.9. The van der Waals surface area contributed by atoms with E-state index in [1.807, 2.05) is 6.92 Å². The number of nitrogens with one attached hydrogen (secondary N) is 2. The van der Waals surface area contributed by atoms with E-state index in [4.69, 9.17) is 13.9 Å². The lowest BCUT2D eigenvalue weighted by atomic mass is 9.93. The molecule has 2 amide bonds. The number of methoxy groups -OCH3 is 2. The molecule has 0 bridgehead atoms. The van der Waals surface area contributed by atoms with E-state index in [0.29, 0.717) is 36.6 Å². The number of ether oxygens (including phenoxy) is 2. The second kappa shape index (κ2) is 9.38. The molecular weight excluding hydrogens is 374 g/mol. The Kier molecular flexibility index (Phi) is 6.66. The Hall–Kier alpha value is -3.13. The smallest absolute Gasteiger partial charge is 0.287 e. The summed E-state index contributed by atoms with van der Waals surface area (Å²) in [7, 11) is 3.12. The van der Waals surface area contributed by atoms with Crippen molar-refractivity contribution in [2.45, 2.75) is 26.2 Å². The predicted octanol–water partition coefficient (Wildman–Crippen LogP) is 2.44. The molecule has 1 aromatic carbocycles. The predicted molar refractivity (Wildman–Crippen MR) is 108 cm³/mol. The van der Waals surface area contributed by atoms with Crippen molar-refractivity contribution in [2.24, 2.45) is 5.10 Å². The van der Waals surface area contributed by atoms with Crippen LogP contribution in [0.4, 0.5) is 0 Å². The van der Waals surface area contributed by atoms with Gasteiger partial charge in [-0.1, -0.05) is 6.07 Å². The molecule has 2 N–H and O–H groups in total. The monoisotopic (exact) mass is 399 g/mol. The Labute approximate surface area is 169 Å². The van der Waals surface area contributed by atoms with Gasteiger partial charge in [-0.05, 0) is 38.0 Å².